The number of thioether (sulfide) groups is 1. The number of aromatic carboxylic acids is 1. The molecule has 1 aromatic heterocycles. The average Bonchev–Trinajstić information content (AvgIpc) is 2.72. The molecule has 0 radical (unpaired) electrons. The van der Waals surface area contributed by atoms with Crippen LogP contribution >= 0.6 is 11.8 Å². The van der Waals surface area contributed by atoms with Crippen molar-refractivity contribution in [2.24, 2.45) is 0 Å². The first-order valence-electron chi connectivity index (χ1n) is 5.28. The van der Waals surface area contributed by atoms with Gasteiger partial charge in [0.05, 0.1) is 11.1 Å². The highest BCUT2D eigenvalue weighted by atomic mass is 32.2. The van der Waals surface area contributed by atoms with Crippen molar-refractivity contribution in [1.82, 2.24) is 15.0 Å². The zero-order valence-electron chi connectivity index (χ0n) is 9.46. The number of carboxylic acid groups (broad SMARTS) is 1. The molecule has 2 rings (SSSR count). The van der Waals surface area contributed by atoms with Crippen LogP contribution in [-0.2, 0) is 6.54 Å². The molecule has 0 fully saturated rings. The fourth-order valence-corrected chi connectivity index (χ4v) is 2.05. The van der Waals surface area contributed by atoms with Gasteiger partial charge in [-0.15, -0.1) is 5.10 Å². The lowest BCUT2D eigenvalue weighted by Gasteiger charge is -2.01. The van der Waals surface area contributed by atoms with Crippen molar-refractivity contribution < 1.29 is 9.90 Å². The maximum atomic E-state index is 10.8. The van der Waals surface area contributed by atoms with Crippen molar-refractivity contribution >= 4 is 28.8 Å². The van der Waals surface area contributed by atoms with E-state index in [9.17, 15) is 4.79 Å². The summed E-state index contributed by atoms with van der Waals surface area (Å²) >= 11 is 1.80. The summed E-state index contributed by atoms with van der Waals surface area (Å²) in [6, 6.07) is 4.90. The minimum Gasteiger partial charge on any atom is -0.478 e. The molecule has 0 aliphatic rings. The molecule has 0 aliphatic carbocycles. The van der Waals surface area contributed by atoms with E-state index in [4.69, 9.17) is 5.11 Å². The highest BCUT2D eigenvalue weighted by Crippen LogP contribution is 2.14. The molecule has 0 saturated heterocycles. The topological polar surface area (TPSA) is 68.0 Å². The van der Waals surface area contributed by atoms with E-state index in [0.717, 1.165) is 24.2 Å². The van der Waals surface area contributed by atoms with Gasteiger partial charge in [-0.1, -0.05) is 5.21 Å². The number of hydrogen-bond acceptors (Lipinski definition) is 4. The molecular formula is C11H13N3O2S. The van der Waals surface area contributed by atoms with E-state index >= 15 is 0 Å². The molecule has 5 nitrogen and oxygen atoms in total. The van der Waals surface area contributed by atoms with Crippen molar-refractivity contribution in [3.05, 3.63) is 23.8 Å². The van der Waals surface area contributed by atoms with Gasteiger partial charge in [-0.05, 0) is 36.6 Å². The van der Waals surface area contributed by atoms with Gasteiger partial charge in [-0.3, -0.25) is 0 Å². The Morgan fingerprint density at radius 2 is 2.35 bits per heavy atom. The van der Waals surface area contributed by atoms with Crippen LogP contribution in [0.1, 0.15) is 16.8 Å². The van der Waals surface area contributed by atoms with Crippen LogP contribution in [0, 0.1) is 0 Å². The van der Waals surface area contributed by atoms with E-state index in [0.29, 0.717) is 5.52 Å². The van der Waals surface area contributed by atoms with E-state index in [1.807, 2.05) is 4.68 Å². The summed E-state index contributed by atoms with van der Waals surface area (Å²) in [5, 5.41) is 16.9. The summed E-state index contributed by atoms with van der Waals surface area (Å²) < 4.78 is 1.82. The molecule has 1 N–H and O–H groups in total. The van der Waals surface area contributed by atoms with Gasteiger partial charge in [0.2, 0.25) is 0 Å². The Kier molecular flexibility index (Phi) is 3.63. The van der Waals surface area contributed by atoms with Crippen molar-refractivity contribution in [2.75, 3.05) is 12.0 Å². The summed E-state index contributed by atoms with van der Waals surface area (Å²) in [5.41, 5.74) is 1.76. The highest BCUT2D eigenvalue weighted by molar-refractivity contribution is 7.98. The second-order valence-corrected chi connectivity index (χ2v) is 4.65. The third-order valence-corrected chi connectivity index (χ3v) is 3.18. The third kappa shape index (κ3) is 2.58. The van der Waals surface area contributed by atoms with Gasteiger partial charge in [-0.25, -0.2) is 9.48 Å². The number of aromatic nitrogens is 3. The van der Waals surface area contributed by atoms with E-state index in [1.165, 1.54) is 0 Å². The summed E-state index contributed by atoms with van der Waals surface area (Å²) in [4.78, 5) is 10.8. The maximum absolute atomic E-state index is 10.8. The van der Waals surface area contributed by atoms with Gasteiger partial charge in [0.1, 0.15) is 5.52 Å². The van der Waals surface area contributed by atoms with Crippen molar-refractivity contribution in [2.45, 2.75) is 13.0 Å². The smallest absolute Gasteiger partial charge is 0.335 e. The lowest BCUT2D eigenvalue weighted by molar-refractivity contribution is 0.0697. The van der Waals surface area contributed by atoms with Gasteiger partial charge < -0.3 is 5.11 Å². The predicted octanol–water partition coefficient (Wildman–Crippen LogP) is 1.88. The van der Waals surface area contributed by atoms with Gasteiger partial charge in [0, 0.05) is 6.54 Å². The Morgan fingerprint density at radius 1 is 1.53 bits per heavy atom. The van der Waals surface area contributed by atoms with E-state index < -0.39 is 5.97 Å². The normalized spacial score (nSPS) is 10.9. The van der Waals surface area contributed by atoms with E-state index in [1.54, 1.807) is 30.0 Å². The van der Waals surface area contributed by atoms with Crippen LogP contribution < -0.4 is 0 Å². The molecular weight excluding hydrogens is 238 g/mol. The molecule has 1 aromatic carbocycles. The summed E-state index contributed by atoms with van der Waals surface area (Å²) in [5.74, 6) is 0.137. The second-order valence-electron chi connectivity index (χ2n) is 3.67. The number of hydrogen-bond donors (Lipinski definition) is 1. The maximum Gasteiger partial charge on any atom is 0.335 e. The number of aryl methyl sites for hydroxylation is 1. The van der Waals surface area contributed by atoms with Crippen LogP contribution in [0.4, 0.5) is 0 Å². The zero-order chi connectivity index (χ0) is 12.3. The standard InChI is InChI=1S/C11H13N3O2S/c1-17-6-2-5-14-10-4-3-8(11(15)16)7-9(10)12-13-14/h3-4,7H,2,5-6H2,1H3,(H,15,16). The summed E-state index contributed by atoms with van der Waals surface area (Å²) in [7, 11) is 0. The zero-order valence-corrected chi connectivity index (χ0v) is 10.3. The monoisotopic (exact) mass is 251 g/mol. The van der Waals surface area contributed by atoms with Crippen LogP contribution in [-0.4, -0.2) is 38.1 Å². The second kappa shape index (κ2) is 5.18. The summed E-state index contributed by atoms with van der Waals surface area (Å²) in [6.07, 6.45) is 3.10. The van der Waals surface area contributed by atoms with Crippen LogP contribution in [0.3, 0.4) is 0 Å². The van der Waals surface area contributed by atoms with Gasteiger partial charge >= 0.3 is 5.97 Å². The number of rotatable bonds is 5. The number of fused-ring (bicyclic) bond motifs is 1. The van der Waals surface area contributed by atoms with Gasteiger partial charge in [-0.2, -0.15) is 11.8 Å². The van der Waals surface area contributed by atoms with Crippen LogP contribution in [0.2, 0.25) is 0 Å². The minimum atomic E-state index is -0.941. The molecule has 17 heavy (non-hydrogen) atoms. The van der Waals surface area contributed by atoms with E-state index in [-0.39, 0.29) is 5.56 Å². The number of nitrogens with zero attached hydrogens (tertiary/aromatic N) is 3. The van der Waals surface area contributed by atoms with Crippen LogP contribution in [0.25, 0.3) is 11.0 Å². The fraction of sp³-hybridized carbons (Fsp3) is 0.364. The van der Waals surface area contributed by atoms with E-state index in [2.05, 4.69) is 16.6 Å². The first kappa shape index (κ1) is 11.9. The number of carboxylic acids is 1. The summed E-state index contributed by atoms with van der Waals surface area (Å²) in [6.45, 7) is 0.809. The Bertz CT molecular complexity index is 538. The Morgan fingerprint density at radius 3 is 3.06 bits per heavy atom. The Hall–Kier alpha value is -1.56. The molecule has 6 heteroatoms. The van der Waals surface area contributed by atoms with Crippen molar-refractivity contribution in [3.63, 3.8) is 0 Å². The molecule has 0 unspecified atom stereocenters. The SMILES string of the molecule is CSCCCn1nnc2cc(C(=O)O)ccc21. The minimum absolute atomic E-state index is 0.244. The Labute approximate surface area is 103 Å². The largest absolute Gasteiger partial charge is 0.478 e. The van der Waals surface area contributed by atoms with Gasteiger partial charge in [0.15, 0.2) is 0 Å². The molecule has 0 spiro atoms. The first-order valence-corrected chi connectivity index (χ1v) is 6.67. The third-order valence-electron chi connectivity index (χ3n) is 2.48. The fourth-order valence-electron chi connectivity index (χ4n) is 1.63. The van der Waals surface area contributed by atoms with Crippen molar-refractivity contribution in [1.29, 1.82) is 0 Å². The first-order chi connectivity index (χ1) is 8.22. The molecule has 0 bridgehead atoms. The molecule has 1 heterocycles. The Balaban J connectivity index is 2.25. The van der Waals surface area contributed by atoms with Crippen molar-refractivity contribution in [3.8, 4) is 0 Å². The molecule has 0 saturated carbocycles. The molecule has 0 aliphatic heterocycles. The molecule has 2 aromatic rings. The lowest BCUT2D eigenvalue weighted by Crippen LogP contribution is -2.01. The van der Waals surface area contributed by atoms with Gasteiger partial charge in [0.25, 0.3) is 0 Å². The average molecular weight is 251 g/mol. The van der Waals surface area contributed by atoms with Crippen LogP contribution in [0.5, 0.6) is 0 Å². The molecule has 0 atom stereocenters. The number of carbonyl (C=O) groups is 1. The lowest BCUT2D eigenvalue weighted by atomic mass is 10.2. The quantitative estimate of drug-likeness (QED) is 0.822. The highest BCUT2D eigenvalue weighted by Gasteiger charge is 2.08. The predicted molar refractivity (Wildman–Crippen MR) is 67.5 cm³/mol. The van der Waals surface area contributed by atoms with Crippen LogP contribution in [0.15, 0.2) is 18.2 Å². The number of benzene rings is 1. The molecule has 0 amide bonds. The molecule has 90 valence electrons.